The van der Waals surface area contributed by atoms with Gasteiger partial charge in [-0.15, -0.1) is 0 Å². The van der Waals surface area contributed by atoms with Gasteiger partial charge in [0.25, 0.3) is 0 Å². The quantitative estimate of drug-likeness (QED) is 0.835. The van der Waals surface area contributed by atoms with E-state index in [-0.39, 0.29) is 17.6 Å². The summed E-state index contributed by atoms with van der Waals surface area (Å²) < 4.78 is 24.8. The van der Waals surface area contributed by atoms with E-state index >= 15 is 0 Å². The Morgan fingerprint density at radius 1 is 1.05 bits per heavy atom. The van der Waals surface area contributed by atoms with E-state index in [1.807, 2.05) is 30.3 Å². The molecule has 1 atom stereocenters. The molecular formula is C15H19NO3S. The van der Waals surface area contributed by atoms with E-state index in [4.69, 9.17) is 0 Å². The van der Waals surface area contributed by atoms with E-state index in [0.717, 1.165) is 18.4 Å². The van der Waals surface area contributed by atoms with Crippen LogP contribution in [-0.2, 0) is 14.6 Å². The van der Waals surface area contributed by atoms with Crippen molar-refractivity contribution in [1.82, 2.24) is 4.90 Å². The van der Waals surface area contributed by atoms with Crippen molar-refractivity contribution < 1.29 is 13.2 Å². The van der Waals surface area contributed by atoms with Crippen LogP contribution in [0.15, 0.2) is 30.3 Å². The van der Waals surface area contributed by atoms with Gasteiger partial charge in [-0.3, -0.25) is 4.79 Å². The topological polar surface area (TPSA) is 54.5 Å². The van der Waals surface area contributed by atoms with Crippen LogP contribution in [0.25, 0.3) is 0 Å². The van der Waals surface area contributed by atoms with E-state index in [0.29, 0.717) is 19.5 Å². The maximum Gasteiger partial charge on any atom is 0.225 e. The fourth-order valence-corrected chi connectivity index (χ4v) is 4.59. The van der Waals surface area contributed by atoms with Gasteiger partial charge in [-0.1, -0.05) is 30.3 Å². The average molecular weight is 293 g/mol. The molecular weight excluding hydrogens is 274 g/mol. The maximum atomic E-state index is 12.4. The van der Waals surface area contributed by atoms with Crippen molar-refractivity contribution in [2.24, 2.45) is 5.92 Å². The molecule has 3 rings (SSSR count). The molecule has 2 aliphatic rings. The third-order valence-corrected chi connectivity index (χ3v) is 6.28. The van der Waals surface area contributed by atoms with Crippen molar-refractivity contribution in [1.29, 1.82) is 0 Å². The molecule has 0 spiro atoms. The summed E-state index contributed by atoms with van der Waals surface area (Å²) in [4.78, 5) is 13.8. The smallest absolute Gasteiger partial charge is 0.225 e. The Hall–Kier alpha value is -1.36. The first-order chi connectivity index (χ1) is 9.58. The van der Waals surface area contributed by atoms with Crippen molar-refractivity contribution in [3.05, 3.63) is 35.9 Å². The Morgan fingerprint density at radius 3 is 2.40 bits per heavy atom. The van der Waals surface area contributed by atoms with Crippen LogP contribution in [0.3, 0.4) is 0 Å². The Kier molecular flexibility index (Phi) is 3.54. The van der Waals surface area contributed by atoms with Gasteiger partial charge in [0.15, 0.2) is 9.84 Å². The molecule has 5 heteroatoms. The second-order valence-corrected chi connectivity index (χ2v) is 7.96. The van der Waals surface area contributed by atoms with E-state index in [9.17, 15) is 13.2 Å². The molecule has 1 heterocycles. The number of amides is 1. The number of carbonyl (C=O) groups excluding carboxylic acids is 1. The van der Waals surface area contributed by atoms with Gasteiger partial charge in [-0.25, -0.2) is 8.42 Å². The highest BCUT2D eigenvalue weighted by molar-refractivity contribution is 7.91. The standard InChI is InChI=1S/C15H19NO3S/c17-15(13-6-7-13)16-9-8-14(20(18,19)11-10-16)12-4-2-1-3-5-12/h1-5,13-14H,6-11H2. The van der Waals surface area contributed by atoms with Crippen LogP contribution in [0.4, 0.5) is 0 Å². The number of carbonyl (C=O) groups is 1. The zero-order valence-electron chi connectivity index (χ0n) is 11.4. The van der Waals surface area contributed by atoms with E-state index < -0.39 is 15.1 Å². The second-order valence-electron chi connectivity index (χ2n) is 5.65. The van der Waals surface area contributed by atoms with E-state index in [1.165, 1.54) is 0 Å². The van der Waals surface area contributed by atoms with Gasteiger partial charge in [0.05, 0.1) is 11.0 Å². The van der Waals surface area contributed by atoms with Gasteiger partial charge in [0, 0.05) is 19.0 Å². The zero-order valence-corrected chi connectivity index (χ0v) is 12.2. The molecule has 0 radical (unpaired) electrons. The molecule has 1 aliphatic heterocycles. The molecule has 108 valence electrons. The second kappa shape index (κ2) is 5.20. The molecule has 4 nitrogen and oxygen atoms in total. The first-order valence-electron chi connectivity index (χ1n) is 7.13. The van der Waals surface area contributed by atoms with Gasteiger partial charge < -0.3 is 4.90 Å². The summed E-state index contributed by atoms with van der Waals surface area (Å²) in [6, 6.07) is 9.34. The minimum absolute atomic E-state index is 0.0744. The predicted octanol–water partition coefficient (Wildman–Crippen LogP) is 1.78. The average Bonchev–Trinajstić information content (AvgIpc) is 3.26. The van der Waals surface area contributed by atoms with Gasteiger partial charge in [0.1, 0.15) is 0 Å². The molecule has 1 aromatic rings. The summed E-state index contributed by atoms with van der Waals surface area (Å²) in [5, 5.41) is -0.472. The van der Waals surface area contributed by atoms with Crippen molar-refractivity contribution in [2.75, 3.05) is 18.8 Å². The Bertz CT molecular complexity index is 593. The molecule has 1 saturated carbocycles. The number of sulfone groups is 1. The first-order valence-corrected chi connectivity index (χ1v) is 8.85. The van der Waals surface area contributed by atoms with E-state index in [1.54, 1.807) is 4.90 Å². The number of hydrogen-bond donors (Lipinski definition) is 0. The molecule has 0 bridgehead atoms. The maximum absolute atomic E-state index is 12.4. The summed E-state index contributed by atoms with van der Waals surface area (Å²) in [5.74, 6) is 0.380. The van der Waals surface area contributed by atoms with Gasteiger partial charge >= 0.3 is 0 Å². The largest absolute Gasteiger partial charge is 0.341 e. The highest BCUT2D eigenvalue weighted by Gasteiger charge is 2.37. The van der Waals surface area contributed by atoms with Crippen LogP contribution in [0.1, 0.15) is 30.1 Å². The summed E-state index contributed by atoms with van der Waals surface area (Å²) >= 11 is 0. The third kappa shape index (κ3) is 2.73. The first kappa shape index (κ1) is 13.6. The van der Waals surface area contributed by atoms with Gasteiger partial charge in [-0.2, -0.15) is 0 Å². The Balaban J connectivity index is 1.80. The molecule has 1 saturated heterocycles. The lowest BCUT2D eigenvalue weighted by Gasteiger charge is -2.19. The molecule has 20 heavy (non-hydrogen) atoms. The van der Waals surface area contributed by atoms with Crippen molar-refractivity contribution >= 4 is 15.7 Å². The van der Waals surface area contributed by atoms with Crippen molar-refractivity contribution in [3.8, 4) is 0 Å². The molecule has 1 aliphatic carbocycles. The predicted molar refractivity (Wildman–Crippen MR) is 76.9 cm³/mol. The molecule has 2 fully saturated rings. The van der Waals surface area contributed by atoms with Crippen molar-refractivity contribution in [3.63, 3.8) is 0 Å². The minimum atomic E-state index is -3.18. The lowest BCUT2D eigenvalue weighted by Crippen LogP contribution is -2.34. The fraction of sp³-hybridized carbons (Fsp3) is 0.533. The normalized spacial score (nSPS) is 26.0. The molecule has 1 unspecified atom stereocenters. The fourth-order valence-electron chi connectivity index (χ4n) is 2.79. The number of rotatable bonds is 2. The molecule has 0 aromatic heterocycles. The minimum Gasteiger partial charge on any atom is -0.341 e. The van der Waals surface area contributed by atoms with Crippen LogP contribution < -0.4 is 0 Å². The zero-order chi connectivity index (χ0) is 14.2. The van der Waals surface area contributed by atoms with Gasteiger partial charge in [0.2, 0.25) is 5.91 Å². The van der Waals surface area contributed by atoms with Crippen LogP contribution in [-0.4, -0.2) is 38.1 Å². The Labute approximate surface area is 119 Å². The van der Waals surface area contributed by atoms with Crippen LogP contribution in [0.2, 0.25) is 0 Å². The molecule has 1 aromatic carbocycles. The van der Waals surface area contributed by atoms with Crippen molar-refractivity contribution in [2.45, 2.75) is 24.5 Å². The highest BCUT2D eigenvalue weighted by Crippen LogP contribution is 2.34. The summed E-state index contributed by atoms with van der Waals surface area (Å²) in [6.45, 7) is 0.898. The SMILES string of the molecule is O=C(C1CC1)N1CCC(c2ccccc2)S(=O)(=O)CC1. The monoisotopic (exact) mass is 293 g/mol. The molecule has 0 N–H and O–H groups in total. The Morgan fingerprint density at radius 2 is 1.75 bits per heavy atom. The highest BCUT2D eigenvalue weighted by atomic mass is 32.2. The number of benzene rings is 1. The number of hydrogen-bond acceptors (Lipinski definition) is 3. The lowest BCUT2D eigenvalue weighted by atomic mass is 10.1. The summed E-state index contributed by atoms with van der Waals surface area (Å²) in [5.41, 5.74) is 0.841. The summed E-state index contributed by atoms with van der Waals surface area (Å²) in [7, 11) is -3.18. The lowest BCUT2D eigenvalue weighted by molar-refractivity contribution is -0.132. The van der Waals surface area contributed by atoms with E-state index in [2.05, 4.69) is 0 Å². The van der Waals surface area contributed by atoms with Gasteiger partial charge in [-0.05, 0) is 24.8 Å². The van der Waals surface area contributed by atoms with Crippen LogP contribution in [0.5, 0.6) is 0 Å². The molecule has 1 amide bonds. The summed E-state index contributed by atoms with van der Waals surface area (Å²) in [6.07, 6.45) is 2.43. The van der Waals surface area contributed by atoms with Crippen LogP contribution >= 0.6 is 0 Å². The third-order valence-electron chi connectivity index (χ3n) is 4.15. The number of nitrogens with zero attached hydrogens (tertiary/aromatic N) is 1. The van der Waals surface area contributed by atoms with Crippen LogP contribution in [0, 0.1) is 5.92 Å².